The van der Waals surface area contributed by atoms with Gasteiger partial charge in [-0.05, 0) is 43.7 Å². The van der Waals surface area contributed by atoms with Crippen molar-refractivity contribution < 1.29 is 23.1 Å². The maximum atomic E-state index is 14.6. The van der Waals surface area contributed by atoms with Gasteiger partial charge in [0.05, 0.1) is 16.7 Å². The molecule has 1 aromatic carbocycles. The lowest BCUT2D eigenvalue weighted by molar-refractivity contribution is 0.0778. The molecule has 0 unspecified atom stereocenters. The van der Waals surface area contributed by atoms with Crippen molar-refractivity contribution in [1.29, 1.82) is 0 Å². The largest absolute Gasteiger partial charge is 0.386 e. The van der Waals surface area contributed by atoms with Crippen LogP contribution < -0.4 is 11.1 Å². The molecule has 0 fully saturated rings. The van der Waals surface area contributed by atoms with Crippen molar-refractivity contribution in [3.8, 4) is 10.4 Å². The first-order chi connectivity index (χ1) is 13.1. The molecule has 0 aliphatic heterocycles. The number of rotatable bonds is 5. The summed E-state index contributed by atoms with van der Waals surface area (Å²) >= 11 is 0.866. The quantitative estimate of drug-likeness (QED) is 0.589. The summed E-state index contributed by atoms with van der Waals surface area (Å²) in [6, 6.07) is 5.56. The van der Waals surface area contributed by atoms with E-state index < -0.39 is 29.0 Å². The Morgan fingerprint density at radius 1 is 1.18 bits per heavy atom. The molecular weight excluding hydrogens is 391 g/mol. The van der Waals surface area contributed by atoms with Crippen LogP contribution >= 0.6 is 11.3 Å². The molecule has 0 aliphatic carbocycles. The van der Waals surface area contributed by atoms with E-state index in [1.54, 1.807) is 0 Å². The van der Waals surface area contributed by atoms with Crippen LogP contribution in [0.4, 0.5) is 24.0 Å². The van der Waals surface area contributed by atoms with Crippen molar-refractivity contribution in [1.82, 2.24) is 4.98 Å². The van der Waals surface area contributed by atoms with Crippen LogP contribution in [0.1, 0.15) is 29.8 Å². The second-order valence-electron chi connectivity index (χ2n) is 6.58. The first kappa shape index (κ1) is 19.8. The molecule has 0 aliphatic rings. The van der Waals surface area contributed by atoms with Crippen molar-refractivity contribution in [2.24, 2.45) is 5.73 Å². The Hall–Kier alpha value is -2.91. The van der Waals surface area contributed by atoms with E-state index in [4.69, 9.17) is 5.73 Å². The van der Waals surface area contributed by atoms with Gasteiger partial charge in [-0.25, -0.2) is 18.2 Å². The van der Waals surface area contributed by atoms with Crippen molar-refractivity contribution in [3.63, 3.8) is 0 Å². The predicted molar refractivity (Wildman–Crippen MR) is 101 cm³/mol. The fraction of sp³-hybridized carbons (Fsp3) is 0.158. The van der Waals surface area contributed by atoms with Gasteiger partial charge in [-0.15, -0.1) is 11.3 Å². The average Bonchev–Trinajstić information content (AvgIpc) is 2.97. The third-order valence-electron chi connectivity index (χ3n) is 3.96. The number of hydrogen-bond acceptors (Lipinski definition) is 5. The number of nitrogens with two attached hydrogens (primary N) is 1. The minimum absolute atomic E-state index is 0.0172. The van der Waals surface area contributed by atoms with Gasteiger partial charge in [0.1, 0.15) is 28.3 Å². The van der Waals surface area contributed by atoms with Gasteiger partial charge >= 0.3 is 0 Å². The summed E-state index contributed by atoms with van der Waals surface area (Å²) in [4.78, 5) is 15.8. The standard InChI is InChI=1S/C19H16F3N3O2S/c1-19(2,27)9-5-12(21)16(13(22)6-9)14-8-11(17(23)26)18(28-14)25-15-7-10(20)3-4-24-15/h3-8,27H,1-2H3,(H2,23,26)(H,24,25). The zero-order valence-corrected chi connectivity index (χ0v) is 15.7. The highest BCUT2D eigenvalue weighted by Crippen LogP contribution is 2.40. The molecule has 4 N–H and O–H groups in total. The van der Waals surface area contributed by atoms with Crippen LogP contribution in [0.3, 0.4) is 0 Å². The summed E-state index contributed by atoms with van der Waals surface area (Å²) < 4.78 is 42.6. The van der Waals surface area contributed by atoms with Gasteiger partial charge in [-0.3, -0.25) is 4.79 Å². The number of primary amides is 1. The molecule has 9 heteroatoms. The van der Waals surface area contributed by atoms with Gasteiger partial charge in [-0.1, -0.05) is 0 Å². The van der Waals surface area contributed by atoms with Crippen LogP contribution in [0.5, 0.6) is 0 Å². The lowest BCUT2D eigenvalue weighted by Gasteiger charge is -2.18. The number of nitrogens with zero attached hydrogens (tertiary/aromatic N) is 1. The number of halogens is 3. The molecule has 3 rings (SSSR count). The van der Waals surface area contributed by atoms with E-state index in [-0.39, 0.29) is 32.4 Å². The van der Waals surface area contributed by atoms with Gasteiger partial charge in [0.25, 0.3) is 5.91 Å². The highest BCUT2D eigenvalue weighted by Gasteiger charge is 2.24. The molecule has 0 saturated carbocycles. The number of carbonyl (C=O) groups excluding carboxylic acids is 1. The predicted octanol–water partition coefficient (Wildman–Crippen LogP) is 4.30. The second kappa shape index (κ2) is 7.25. The third-order valence-corrected chi connectivity index (χ3v) is 5.02. The number of anilines is 2. The molecule has 3 aromatic rings. The smallest absolute Gasteiger partial charge is 0.251 e. The molecule has 0 bridgehead atoms. The van der Waals surface area contributed by atoms with Gasteiger partial charge < -0.3 is 16.2 Å². The number of hydrogen-bond donors (Lipinski definition) is 3. The summed E-state index contributed by atoms with van der Waals surface area (Å²) in [6.07, 6.45) is 1.23. The van der Waals surface area contributed by atoms with E-state index in [2.05, 4.69) is 10.3 Å². The zero-order chi connectivity index (χ0) is 20.6. The molecule has 28 heavy (non-hydrogen) atoms. The van der Waals surface area contributed by atoms with E-state index in [0.717, 1.165) is 35.6 Å². The number of amides is 1. The summed E-state index contributed by atoms with van der Waals surface area (Å²) in [5.41, 5.74) is 3.62. The molecule has 5 nitrogen and oxygen atoms in total. The number of benzene rings is 1. The van der Waals surface area contributed by atoms with Gasteiger partial charge in [0.15, 0.2) is 0 Å². The van der Waals surface area contributed by atoms with Gasteiger partial charge in [0, 0.05) is 17.1 Å². The van der Waals surface area contributed by atoms with Crippen LogP contribution in [0.15, 0.2) is 36.5 Å². The molecular formula is C19H16F3N3O2S. The Bertz CT molecular complexity index is 1040. The van der Waals surface area contributed by atoms with Crippen LogP contribution in [-0.4, -0.2) is 16.0 Å². The van der Waals surface area contributed by atoms with Crippen molar-refractivity contribution in [3.05, 3.63) is 65.1 Å². The van der Waals surface area contributed by atoms with Crippen molar-refractivity contribution >= 4 is 28.1 Å². The molecule has 146 valence electrons. The number of pyridine rings is 1. The third kappa shape index (κ3) is 4.00. The van der Waals surface area contributed by atoms with Crippen molar-refractivity contribution in [2.45, 2.75) is 19.4 Å². The first-order valence-electron chi connectivity index (χ1n) is 8.10. The van der Waals surface area contributed by atoms with E-state index >= 15 is 0 Å². The van der Waals surface area contributed by atoms with Gasteiger partial charge in [-0.2, -0.15) is 0 Å². The summed E-state index contributed by atoms with van der Waals surface area (Å²) in [7, 11) is 0. The Labute approximate surface area is 162 Å². The first-order valence-corrected chi connectivity index (χ1v) is 8.92. The highest BCUT2D eigenvalue weighted by atomic mass is 32.1. The Balaban J connectivity index is 2.08. The molecule has 0 radical (unpaired) electrons. The Kier molecular flexibility index (Phi) is 5.14. The zero-order valence-electron chi connectivity index (χ0n) is 14.9. The highest BCUT2D eigenvalue weighted by molar-refractivity contribution is 7.20. The molecule has 0 spiro atoms. The minimum Gasteiger partial charge on any atom is -0.386 e. The van der Waals surface area contributed by atoms with Crippen molar-refractivity contribution in [2.75, 3.05) is 5.32 Å². The van der Waals surface area contributed by atoms with E-state index in [1.165, 1.54) is 26.1 Å². The monoisotopic (exact) mass is 407 g/mol. The number of aromatic nitrogens is 1. The lowest BCUT2D eigenvalue weighted by Crippen LogP contribution is -2.16. The summed E-state index contributed by atoms with van der Waals surface area (Å²) in [6.45, 7) is 2.82. The summed E-state index contributed by atoms with van der Waals surface area (Å²) in [5, 5.41) is 12.9. The molecule has 2 heterocycles. The molecule has 2 aromatic heterocycles. The van der Waals surface area contributed by atoms with E-state index in [1.807, 2.05) is 0 Å². The summed E-state index contributed by atoms with van der Waals surface area (Å²) in [5.74, 6) is -3.06. The second-order valence-corrected chi connectivity index (χ2v) is 7.63. The fourth-order valence-corrected chi connectivity index (χ4v) is 3.66. The van der Waals surface area contributed by atoms with Gasteiger partial charge in [0.2, 0.25) is 0 Å². The van der Waals surface area contributed by atoms with Crippen LogP contribution in [0, 0.1) is 17.5 Å². The van der Waals surface area contributed by atoms with Crippen LogP contribution in [0.25, 0.3) is 10.4 Å². The number of carbonyl (C=O) groups is 1. The molecule has 0 saturated heterocycles. The minimum atomic E-state index is -1.43. The normalized spacial score (nSPS) is 11.5. The SMILES string of the molecule is CC(C)(O)c1cc(F)c(-c2cc(C(N)=O)c(Nc3cc(F)ccn3)s2)c(F)c1. The average molecular weight is 407 g/mol. The number of thiophene rings is 1. The lowest BCUT2D eigenvalue weighted by atomic mass is 9.96. The fourth-order valence-electron chi connectivity index (χ4n) is 2.54. The van der Waals surface area contributed by atoms with Crippen LogP contribution in [0.2, 0.25) is 0 Å². The molecule has 1 amide bonds. The molecule has 0 atom stereocenters. The van der Waals surface area contributed by atoms with Crippen LogP contribution in [-0.2, 0) is 5.60 Å². The maximum absolute atomic E-state index is 14.6. The maximum Gasteiger partial charge on any atom is 0.251 e. The Morgan fingerprint density at radius 3 is 2.36 bits per heavy atom. The number of aliphatic hydroxyl groups is 1. The number of nitrogens with one attached hydrogen (secondary N) is 1. The van der Waals surface area contributed by atoms with E-state index in [0.29, 0.717) is 0 Å². The Morgan fingerprint density at radius 2 is 1.82 bits per heavy atom. The topological polar surface area (TPSA) is 88.2 Å². The van der Waals surface area contributed by atoms with E-state index in [9.17, 15) is 23.1 Å².